The first-order chi connectivity index (χ1) is 7.41. The van der Waals surface area contributed by atoms with E-state index in [1.54, 1.807) is 27.7 Å². The molecule has 0 aromatic carbocycles. The summed E-state index contributed by atoms with van der Waals surface area (Å²) in [5, 5.41) is 7.50. The quantitative estimate of drug-likeness (QED) is 0.310. The molecular formula is C8H14O8. The molecule has 16 heavy (non-hydrogen) atoms. The second-order valence-electron chi connectivity index (χ2n) is 3.14. The van der Waals surface area contributed by atoms with E-state index in [-0.39, 0.29) is 12.2 Å². The van der Waals surface area contributed by atoms with E-state index in [1.165, 1.54) is 0 Å². The lowest BCUT2D eigenvalue weighted by Gasteiger charge is -2.06. The van der Waals surface area contributed by atoms with E-state index in [0.29, 0.717) is 0 Å². The van der Waals surface area contributed by atoms with Gasteiger partial charge in [-0.1, -0.05) is 0 Å². The predicted octanol–water partition coefficient (Wildman–Crippen LogP) is 1.89. The van der Waals surface area contributed by atoms with Gasteiger partial charge in [0.2, 0.25) is 0 Å². The zero-order chi connectivity index (χ0) is 12.6. The van der Waals surface area contributed by atoms with Gasteiger partial charge in [0.25, 0.3) is 0 Å². The maximum atomic E-state index is 10.7. The maximum absolute atomic E-state index is 10.7. The van der Waals surface area contributed by atoms with Crippen LogP contribution in [-0.4, -0.2) is 24.5 Å². The Hall–Kier alpha value is -1.54. The van der Waals surface area contributed by atoms with Crippen molar-refractivity contribution < 1.29 is 38.9 Å². The monoisotopic (exact) mass is 238 g/mol. The summed E-state index contributed by atoms with van der Waals surface area (Å²) in [6.07, 6.45) is -3.00. The Morgan fingerprint density at radius 1 is 0.750 bits per heavy atom. The third-order valence-corrected chi connectivity index (χ3v) is 0.896. The smallest absolute Gasteiger partial charge is 0.430 e. The largest absolute Gasteiger partial charge is 0.542 e. The second-order valence-corrected chi connectivity index (χ2v) is 3.14. The van der Waals surface area contributed by atoms with Gasteiger partial charge in [-0.15, -0.1) is 0 Å². The molecule has 94 valence electrons. The third kappa shape index (κ3) is 9.03. The van der Waals surface area contributed by atoms with E-state index in [4.69, 9.17) is 0 Å². The standard InChI is InChI=1S/C8H14O8/c1-5(2)11-7(9)13-15-16-14-8(10)12-6(3)4/h5-6H,1-4H3. The highest BCUT2D eigenvalue weighted by molar-refractivity contribution is 5.59. The van der Waals surface area contributed by atoms with Crippen LogP contribution in [0.3, 0.4) is 0 Å². The van der Waals surface area contributed by atoms with Crippen molar-refractivity contribution in [2.45, 2.75) is 39.9 Å². The topological polar surface area (TPSA) is 89.5 Å². The molecule has 0 rings (SSSR count). The molecule has 0 fully saturated rings. The third-order valence-electron chi connectivity index (χ3n) is 0.896. The van der Waals surface area contributed by atoms with Crippen molar-refractivity contribution in [3.05, 3.63) is 0 Å². The lowest BCUT2D eigenvalue weighted by Crippen LogP contribution is -2.16. The van der Waals surface area contributed by atoms with Crippen LogP contribution in [0.15, 0.2) is 0 Å². The van der Waals surface area contributed by atoms with Crippen molar-refractivity contribution in [2.24, 2.45) is 0 Å². The van der Waals surface area contributed by atoms with E-state index in [9.17, 15) is 9.59 Å². The first-order valence-electron chi connectivity index (χ1n) is 4.51. The minimum absolute atomic E-state index is 0.372. The number of hydrogen-bond donors (Lipinski definition) is 0. The molecule has 0 aromatic rings. The van der Waals surface area contributed by atoms with Crippen LogP contribution >= 0.6 is 0 Å². The van der Waals surface area contributed by atoms with Crippen LogP contribution in [0.4, 0.5) is 9.59 Å². The van der Waals surface area contributed by atoms with Gasteiger partial charge in [0.15, 0.2) is 0 Å². The summed E-state index contributed by atoms with van der Waals surface area (Å²) in [6, 6.07) is 0. The summed E-state index contributed by atoms with van der Waals surface area (Å²) in [4.78, 5) is 29.1. The summed E-state index contributed by atoms with van der Waals surface area (Å²) in [7, 11) is 0. The number of carbonyl (C=O) groups is 2. The first-order valence-corrected chi connectivity index (χ1v) is 4.51. The van der Waals surface area contributed by atoms with E-state index in [0.717, 1.165) is 0 Å². The van der Waals surface area contributed by atoms with Gasteiger partial charge in [-0.2, -0.15) is 0 Å². The van der Waals surface area contributed by atoms with E-state index < -0.39 is 12.3 Å². The molecular weight excluding hydrogens is 224 g/mol. The molecule has 0 atom stereocenters. The average molecular weight is 238 g/mol. The van der Waals surface area contributed by atoms with Crippen molar-refractivity contribution in [1.29, 1.82) is 0 Å². The molecule has 0 N–H and O–H groups in total. The van der Waals surface area contributed by atoms with Crippen LogP contribution in [0.1, 0.15) is 27.7 Å². The first kappa shape index (κ1) is 14.5. The van der Waals surface area contributed by atoms with Gasteiger partial charge in [0.05, 0.1) is 12.2 Å². The van der Waals surface area contributed by atoms with Crippen molar-refractivity contribution in [3.63, 3.8) is 0 Å². The Morgan fingerprint density at radius 3 is 1.31 bits per heavy atom. The van der Waals surface area contributed by atoms with Gasteiger partial charge >= 0.3 is 12.3 Å². The zero-order valence-electron chi connectivity index (χ0n) is 9.42. The molecule has 0 spiro atoms. The van der Waals surface area contributed by atoms with Crippen molar-refractivity contribution in [1.82, 2.24) is 0 Å². The number of carbonyl (C=O) groups excluding carboxylic acids is 2. The fourth-order valence-corrected chi connectivity index (χ4v) is 0.508. The molecule has 0 saturated carbocycles. The highest BCUT2D eigenvalue weighted by Crippen LogP contribution is 1.97. The molecule has 0 saturated heterocycles. The van der Waals surface area contributed by atoms with Crippen molar-refractivity contribution in [2.75, 3.05) is 0 Å². The Kier molecular flexibility index (Phi) is 6.97. The van der Waals surface area contributed by atoms with Gasteiger partial charge in [0.1, 0.15) is 0 Å². The molecule has 0 radical (unpaired) electrons. The van der Waals surface area contributed by atoms with Gasteiger partial charge in [-0.05, 0) is 27.7 Å². The van der Waals surface area contributed by atoms with E-state index >= 15 is 0 Å². The summed E-state index contributed by atoms with van der Waals surface area (Å²) in [6.45, 7) is 6.44. The molecule has 0 heterocycles. The van der Waals surface area contributed by atoms with Gasteiger partial charge < -0.3 is 9.47 Å². The van der Waals surface area contributed by atoms with Crippen LogP contribution in [0, 0.1) is 0 Å². The van der Waals surface area contributed by atoms with Crippen LogP contribution in [-0.2, 0) is 29.3 Å². The molecule has 0 aliphatic heterocycles. The highest BCUT2D eigenvalue weighted by atomic mass is 17.7. The Balaban J connectivity index is 3.46. The normalized spacial score (nSPS) is 10.1. The van der Waals surface area contributed by atoms with Crippen LogP contribution in [0.2, 0.25) is 0 Å². The fourth-order valence-electron chi connectivity index (χ4n) is 0.508. The summed E-state index contributed by atoms with van der Waals surface area (Å²) >= 11 is 0. The lowest BCUT2D eigenvalue weighted by molar-refractivity contribution is -0.601. The van der Waals surface area contributed by atoms with Crippen molar-refractivity contribution in [3.8, 4) is 0 Å². The van der Waals surface area contributed by atoms with E-state index in [1.807, 2.05) is 0 Å². The molecule has 0 unspecified atom stereocenters. The van der Waals surface area contributed by atoms with E-state index in [2.05, 4.69) is 29.3 Å². The molecule has 0 bridgehead atoms. The van der Waals surface area contributed by atoms with Crippen LogP contribution in [0.5, 0.6) is 0 Å². The second kappa shape index (κ2) is 7.71. The van der Waals surface area contributed by atoms with Crippen molar-refractivity contribution >= 4 is 12.3 Å². The summed E-state index contributed by atoms with van der Waals surface area (Å²) in [5.74, 6) is 0. The Morgan fingerprint density at radius 2 is 1.06 bits per heavy atom. The Labute approximate surface area is 92.1 Å². The minimum atomic E-state index is -1.13. The van der Waals surface area contributed by atoms with Gasteiger partial charge in [-0.25, -0.2) is 19.4 Å². The number of hydrogen-bond acceptors (Lipinski definition) is 8. The molecule has 8 nitrogen and oxygen atoms in total. The maximum Gasteiger partial charge on any atom is 0.542 e. The zero-order valence-corrected chi connectivity index (χ0v) is 9.42. The fraction of sp³-hybridized carbons (Fsp3) is 0.750. The molecule has 0 aromatic heterocycles. The summed E-state index contributed by atoms with van der Waals surface area (Å²) in [5.41, 5.74) is 0. The molecule has 0 aliphatic rings. The van der Waals surface area contributed by atoms with Crippen LogP contribution < -0.4 is 0 Å². The van der Waals surface area contributed by atoms with Gasteiger partial charge in [0, 0.05) is 10.1 Å². The molecule has 0 amide bonds. The highest BCUT2D eigenvalue weighted by Gasteiger charge is 2.11. The Bertz CT molecular complexity index is 200. The molecule has 0 aliphatic carbocycles. The minimum Gasteiger partial charge on any atom is -0.430 e. The predicted molar refractivity (Wildman–Crippen MR) is 47.6 cm³/mol. The molecule has 8 heteroatoms. The van der Waals surface area contributed by atoms with Gasteiger partial charge in [-0.3, -0.25) is 0 Å². The lowest BCUT2D eigenvalue weighted by atomic mass is 10.5. The average Bonchev–Trinajstić information content (AvgIpc) is 2.10. The number of ether oxygens (including phenoxy) is 2. The number of rotatable bonds is 5. The van der Waals surface area contributed by atoms with Crippen LogP contribution in [0.25, 0.3) is 0 Å². The SMILES string of the molecule is CC(C)OC(=O)OOOOC(=O)OC(C)C. The summed E-state index contributed by atoms with van der Waals surface area (Å²) < 4.78 is 8.97.